The van der Waals surface area contributed by atoms with Crippen LogP contribution in [-0.2, 0) is 12.7 Å². The maximum atomic E-state index is 12.6. The van der Waals surface area contributed by atoms with Crippen molar-refractivity contribution in [1.29, 1.82) is 0 Å². The van der Waals surface area contributed by atoms with E-state index in [1.807, 2.05) is 0 Å². The molecule has 0 heterocycles. The zero-order chi connectivity index (χ0) is 14.9. The van der Waals surface area contributed by atoms with E-state index in [4.69, 9.17) is 0 Å². The van der Waals surface area contributed by atoms with E-state index in [0.29, 0.717) is 5.56 Å². The second-order valence-electron chi connectivity index (χ2n) is 5.74. The molecule has 108 valence electrons. The predicted octanol–water partition coefficient (Wildman–Crippen LogP) is 3.34. The van der Waals surface area contributed by atoms with Crippen LogP contribution in [0.25, 0.3) is 0 Å². The van der Waals surface area contributed by atoms with Gasteiger partial charge in [0.15, 0.2) is 0 Å². The van der Waals surface area contributed by atoms with E-state index in [2.05, 4.69) is 5.32 Å². The Balaban J connectivity index is 2.80. The van der Waals surface area contributed by atoms with Gasteiger partial charge >= 0.3 is 6.18 Å². The van der Waals surface area contributed by atoms with Crippen molar-refractivity contribution in [3.63, 3.8) is 0 Å². The number of aliphatic hydroxyl groups is 1. The first-order valence-corrected chi connectivity index (χ1v) is 6.07. The quantitative estimate of drug-likeness (QED) is 0.883. The zero-order valence-corrected chi connectivity index (χ0v) is 11.6. The van der Waals surface area contributed by atoms with Crippen LogP contribution in [0.15, 0.2) is 24.3 Å². The molecule has 0 fully saturated rings. The Hall–Kier alpha value is -1.07. The van der Waals surface area contributed by atoms with Crippen LogP contribution in [0.5, 0.6) is 0 Å². The molecular formula is C14H20F3NO. The highest BCUT2D eigenvalue weighted by atomic mass is 19.4. The zero-order valence-electron chi connectivity index (χ0n) is 11.6. The summed E-state index contributed by atoms with van der Waals surface area (Å²) in [7, 11) is 0. The van der Waals surface area contributed by atoms with Gasteiger partial charge in [0.2, 0.25) is 0 Å². The average Bonchev–Trinajstić information content (AvgIpc) is 2.24. The Labute approximate surface area is 111 Å². The Morgan fingerprint density at radius 2 is 1.68 bits per heavy atom. The van der Waals surface area contributed by atoms with Gasteiger partial charge in [-0.3, -0.25) is 0 Å². The summed E-state index contributed by atoms with van der Waals surface area (Å²) in [6.07, 6.45) is -4.33. The van der Waals surface area contributed by atoms with Gasteiger partial charge < -0.3 is 10.4 Å². The number of alkyl halides is 3. The van der Waals surface area contributed by atoms with Crippen LogP contribution in [0.3, 0.4) is 0 Å². The first kappa shape index (κ1) is 16.0. The Morgan fingerprint density at radius 1 is 1.11 bits per heavy atom. The molecule has 0 aromatic heterocycles. The molecule has 0 radical (unpaired) electrons. The molecule has 0 atom stereocenters. The Kier molecular flexibility index (Phi) is 4.32. The molecule has 1 rings (SSSR count). The lowest BCUT2D eigenvalue weighted by molar-refractivity contribution is -0.137. The molecule has 2 N–H and O–H groups in total. The second-order valence-corrected chi connectivity index (χ2v) is 5.74. The number of nitrogens with one attached hydrogen (secondary N) is 1. The van der Waals surface area contributed by atoms with Crippen LogP contribution in [0.4, 0.5) is 13.2 Å². The fourth-order valence-electron chi connectivity index (χ4n) is 1.40. The van der Waals surface area contributed by atoms with Gasteiger partial charge in [-0.15, -0.1) is 0 Å². The largest absolute Gasteiger partial charge is 0.416 e. The first-order valence-electron chi connectivity index (χ1n) is 6.07. The van der Waals surface area contributed by atoms with Crippen LogP contribution in [0.2, 0.25) is 0 Å². The normalized spacial score (nSPS) is 13.7. The first-order chi connectivity index (χ1) is 8.43. The summed E-state index contributed by atoms with van der Waals surface area (Å²) in [5, 5.41) is 13.0. The summed E-state index contributed by atoms with van der Waals surface area (Å²) in [5.74, 6) is 0. The Bertz CT molecular complexity index is 433. The minimum atomic E-state index is -4.33. The lowest BCUT2D eigenvalue weighted by Crippen LogP contribution is -2.55. The molecule has 0 aliphatic rings. The molecule has 1 aromatic carbocycles. The highest BCUT2D eigenvalue weighted by Gasteiger charge is 2.34. The minimum Gasteiger partial charge on any atom is -0.389 e. The Morgan fingerprint density at radius 3 is 2.16 bits per heavy atom. The number of benzene rings is 1. The van der Waals surface area contributed by atoms with Crippen molar-refractivity contribution in [1.82, 2.24) is 5.32 Å². The number of hydrogen-bond donors (Lipinski definition) is 2. The summed E-state index contributed by atoms with van der Waals surface area (Å²) in [5.41, 5.74) is -1.71. The minimum absolute atomic E-state index is 0.265. The maximum Gasteiger partial charge on any atom is 0.416 e. The number of halogens is 3. The van der Waals surface area contributed by atoms with Crippen molar-refractivity contribution in [3.8, 4) is 0 Å². The van der Waals surface area contributed by atoms with Crippen molar-refractivity contribution in [2.24, 2.45) is 0 Å². The average molecular weight is 275 g/mol. The summed E-state index contributed by atoms with van der Waals surface area (Å²) in [6, 6.07) is 5.18. The van der Waals surface area contributed by atoms with E-state index >= 15 is 0 Å². The van der Waals surface area contributed by atoms with Gasteiger partial charge in [0, 0.05) is 12.1 Å². The molecule has 0 saturated heterocycles. The predicted molar refractivity (Wildman–Crippen MR) is 68.7 cm³/mol. The molecule has 0 amide bonds. The van der Waals surface area contributed by atoms with Gasteiger partial charge in [-0.2, -0.15) is 13.2 Å². The van der Waals surface area contributed by atoms with Crippen molar-refractivity contribution in [3.05, 3.63) is 35.4 Å². The third kappa shape index (κ3) is 4.21. The molecule has 0 saturated carbocycles. The van der Waals surface area contributed by atoms with Gasteiger partial charge in [-0.05, 0) is 39.3 Å². The van der Waals surface area contributed by atoms with Crippen LogP contribution in [0.1, 0.15) is 38.8 Å². The molecule has 19 heavy (non-hydrogen) atoms. The van der Waals surface area contributed by atoms with E-state index in [0.717, 1.165) is 12.1 Å². The van der Waals surface area contributed by atoms with Crippen LogP contribution >= 0.6 is 0 Å². The lowest BCUT2D eigenvalue weighted by atomic mass is 9.86. The monoisotopic (exact) mass is 275 g/mol. The van der Waals surface area contributed by atoms with Crippen LogP contribution in [0, 0.1) is 0 Å². The number of rotatable bonds is 4. The third-order valence-corrected chi connectivity index (χ3v) is 3.52. The molecular weight excluding hydrogens is 255 g/mol. The van der Waals surface area contributed by atoms with Gasteiger partial charge in [-0.1, -0.05) is 18.2 Å². The van der Waals surface area contributed by atoms with E-state index < -0.39 is 22.9 Å². The standard InChI is InChI=1S/C14H20F3NO/c1-12(2,13(3,4)19)18-9-10-6-5-7-11(8-10)14(15,16)17/h5-8,18-19H,9H2,1-4H3. The molecule has 0 aliphatic carbocycles. The molecule has 2 nitrogen and oxygen atoms in total. The highest BCUT2D eigenvalue weighted by molar-refractivity contribution is 5.25. The summed E-state index contributed by atoms with van der Waals surface area (Å²) < 4.78 is 37.7. The number of hydrogen-bond acceptors (Lipinski definition) is 2. The van der Waals surface area contributed by atoms with Crippen molar-refractivity contribution >= 4 is 0 Å². The van der Waals surface area contributed by atoms with Gasteiger partial charge in [0.25, 0.3) is 0 Å². The van der Waals surface area contributed by atoms with Crippen LogP contribution < -0.4 is 5.32 Å². The smallest absolute Gasteiger partial charge is 0.389 e. The molecule has 0 aliphatic heterocycles. The second kappa shape index (κ2) is 5.13. The highest BCUT2D eigenvalue weighted by Crippen LogP contribution is 2.29. The van der Waals surface area contributed by atoms with Gasteiger partial charge in [0.1, 0.15) is 0 Å². The summed E-state index contributed by atoms with van der Waals surface area (Å²) in [4.78, 5) is 0. The molecule has 5 heteroatoms. The van der Waals surface area contributed by atoms with Gasteiger partial charge in [0.05, 0.1) is 11.2 Å². The third-order valence-electron chi connectivity index (χ3n) is 3.52. The van der Waals surface area contributed by atoms with Crippen molar-refractivity contribution < 1.29 is 18.3 Å². The summed E-state index contributed by atoms with van der Waals surface area (Å²) in [6.45, 7) is 7.19. The lowest BCUT2D eigenvalue weighted by Gasteiger charge is -2.38. The fraction of sp³-hybridized carbons (Fsp3) is 0.571. The van der Waals surface area contributed by atoms with Crippen molar-refractivity contribution in [2.45, 2.75) is 51.6 Å². The maximum absolute atomic E-state index is 12.6. The fourth-order valence-corrected chi connectivity index (χ4v) is 1.40. The van der Waals surface area contributed by atoms with E-state index in [9.17, 15) is 18.3 Å². The summed E-state index contributed by atoms with van der Waals surface area (Å²) >= 11 is 0. The molecule has 0 bridgehead atoms. The van der Waals surface area contributed by atoms with Gasteiger partial charge in [-0.25, -0.2) is 0 Å². The topological polar surface area (TPSA) is 32.3 Å². The molecule has 0 unspecified atom stereocenters. The van der Waals surface area contributed by atoms with Crippen molar-refractivity contribution in [2.75, 3.05) is 0 Å². The van der Waals surface area contributed by atoms with E-state index in [-0.39, 0.29) is 6.54 Å². The van der Waals surface area contributed by atoms with E-state index in [1.165, 1.54) is 6.07 Å². The molecule has 0 spiro atoms. The molecule has 1 aromatic rings. The van der Waals surface area contributed by atoms with Crippen LogP contribution in [-0.4, -0.2) is 16.2 Å². The van der Waals surface area contributed by atoms with E-state index in [1.54, 1.807) is 33.8 Å². The SMILES string of the molecule is CC(C)(O)C(C)(C)NCc1cccc(C(F)(F)F)c1.